The van der Waals surface area contributed by atoms with Crippen LogP contribution >= 0.6 is 42.8 Å². The van der Waals surface area contributed by atoms with Gasteiger partial charge in [-0.25, -0.2) is 4.98 Å². The van der Waals surface area contributed by atoms with Crippen LogP contribution in [0.25, 0.3) is 10.2 Å². The molecule has 0 spiro atoms. The average Bonchev–Trinajstić information content (AvgIpc) is 3.12. The fraction of sp³-hybridized carbons (Fsp3) is 0.350. The lowest BCUT2D eigenvalue weighted by atomic mass is 10.2. The van der Waals surface area contributed by atoms with E-state index in [0.29, 0.717) is 19.8 Å². The first-order valence-electron chi connectivity index (χ1n) is 9.51. The minimum Gasteiger partial charge on any atom is -0.370 e. The average molecular weight is 484 g/mol. The molecule has 0 saturated carbocycles. The van der Waals surface area contributed by atoms with E-state index in [2.05, 4.69) is 43.3 Å². The standard InChI is InChI=1S/C20H25NO3S4Si/c1-5-22-29(23-6-2,24-7-3)19-14-15(4)12-13-18(19)26-28-27-20-21-16-10-8-9-11-17(16)25-20/h8-14H,5-7H2,1-4H3. The number of fused-ring (bicyclic) bond motifs is 1. The summed E-state index contributed by atoms with van der Waals surface area (Å²) >= 11 is 1.72. The Balaban J connectivity index is 1.81. The van der Waals surface area contributed by atoms with Gasteiger partial charge in [0.2, 0.25) is 0 Å². The van der Waals surface area contributed by atoms with Gasteiger partial charge in [0.15, 0.2) is 4.34 Å². The van der Waals surface area contributed by atoms with Crippen molar-refractivity contribution in [1.82, 2.24) is 4.98 Å². The number of hydrogen-bond donors (Lipinski definition) is 0. The van der Waals surface area contributed by atoms with Crippen LogP contribution in [0.3, 0.4) is 0 Å². The van der Waals surface area contributed by atoms with Gasteiger partial charge in [0, 0.05) is 29.9 Å². The van der Waals surface area contributed by atoms with Crippen molar-refractivity contribution in [2.75, 3.05) is 19.8 Å². The van der Waals surface area contributed by atoms with Crippen LogP contribution < -0.4 is 5.19 Å². The van der Waals surface area contributed by atoms with E-state index in [4.69, 9.17) is 18.3 Å². The van der Waals surface area contributed by atoms with Crippen molar-refractivity contribution >= 4 is 67.0 Å². The summed E-state index contributed by atoms with van der Waals surface area (Å²) in [7, 11) is 2.13. The molecule has 0 saturated heterocycles. The molecule has 29 heavy (non-hydrogen) atoms. The van der Waals surface area contributed by atoms with E-state index < -0.39 is 8.80 Å². The van der Waals surface area contributed by atoms with E-state index >= 15 is 0 Å². The number of hydrogen-bond acceptors (Lipinski definition) is 8. The van der Waals surface area contributed by atoms with Crippen LogP contribution in [0.2, 0.25) is 0 Å². The number of aryl methyl sites for hydroxylation is 1. The van der Waals surface area contributed by atoms with Crippen molar-refractivity contribution in [3.63, 3.8) is 0 Å². The molecule has 0 amide bonds. The van der Waals surface area contributed by atoms with Gasteiger partial charge >= 0.3 is 8.80 Å². The molecule has 0 N–H and O–H groups in total. The van der Waals surface area contributed by atoms with Gasteiger partial charge in [-0.2, -0.15) is 0 Å². The van der Waals surface area contributed by atoms with Gasteiger partial charge in [0.05, 0.1) is 10.2 Å². The van der Waals surface area contributed by atoms with Gasteiger partial charge in [0.1, 0.15) is 0 Å². The maximum atomic E-state index is 6.15. The Labute approximate surface area is 189 Å². The van der Waals surface area contributed by atoms with E-state index in [-0.39, 0.29) is 0 Å². The lowest BCUT2D eigenvalue weighted by Crippen LogP contribution is -2.57. The van der Waals surface area contributed by atoms with Crippen LogP contribution in [0, 0.1) is 6.92 Å². The van der Waals surface area contributed by atoms with Gasteiger partial charge in [-0.15, -0.1) is 11.3 Å². The predicted molar refractivity (Wildman–Crippen MR) is 130 cm³/mol. The summed E-state index contributed by atoms with van der Waals surface area (Å²) in [5, 5.41) is 1.05. The largest absolute Gasteiger partial charge is 0.538 e. The lowest BCUT2D eigenvalue weighted by molar-refractivity contribution is 0.0854. The van der Waals surface area contributed by atoms with Gasteiger partial charge in [-0.1, -0.05) is 29.8 Å². The maximum absolute atomic E-state index is 6.15. The summed E-state index contributed by atoms with van der Waals surface area (Å²) in [5.41, 5.74) is 2.22. The highest BCUT2D eigenvalue weighted by Crippen LogP contribution is 2.46. The molecule has 9 heteroatoms. The fourth-order valence-electron chi connectivity index (χ4n) is 2.85. The summed E-state index contributed by atoms with van der Waals surface area (Å²) < 4.78 is 20.7. The summed E-state index contributed by atoms with van der Waals surface area (Å²) in [4.78, 5) is 5.82. The first-order valence-corrected chi connectivity index (χ1v) is 15.5. The van der Waals surface area contributed by atoms with Crippen molar-refractivity contribution in [3.05, 3.63) is 48.0 Å². The number of para-hydroxylation sites is 1. The van der Waals surface area contributed by atoms with Crippen LogP contribution in [-0.4, -0.2) is 33.6 Å². The zero-order chi connectivity index (χ0) is 20.7. The molecule has 4 nitrogen and oxygen atoms in total. The van der Waals surface area contributed by atoms with E-state index in [0.717, 1.165) is 19.9 Å². The SMILES string of the molecule is CCO[Si](OCC)(OCC)c1cc(C)ccc1SSSc1nc2ccccc2s1. The molecule has 3 aromatic rings. The molecule has 0 aliphatic carbocycles. The molecule has 0 bridgehead atoms. The van der Waals surface area contributed by atoms with Gasteiger partial charge in [0.25, 0.3) is 0 Å². The molecule has 0 radical (unpaired) electrons. The highest BCUT2D eigenvalue weighted by Gasteiger charge is 2.45. The number of rotatable bonds is 11. The fourth-order valence-corrected chi connectivity index (χ4v) is 11.5. The highest BCUT2D eigenvalue weighted by molar-refractivity contribution is 9.09. The topological polar surface area (TPSA) is 40.6 Å². The van der Waals surface area contributed by atoms with Crippen molar-refractivity contribution < 1.29 is 13.3 Å². The molecule has 0 aliphatic rings. The molecule has 1 aromatic heterocycles. The third kappa shape index (κ3) is 5.79. The molecule has 156 valence electrons. The summed E-state index contributed by atoms with van der Waals surface area (Å²) in [6.45, 7) is 9.71. The molecular weight excluding hydrogens is 459 g/mol. The molecule has 0 aliphatic heterocycles. The second kappa shape index (κ2) is 11.2. The van der Waals surface area contributed by atoms with Crippen molar-refractivity contribution in [2.24, 2.45) is 0 Å². The van der Waals surface area contributed by atoms with Crippen molar-refractivity contribution in [2.45, 2.75) is 36.9 Å². The molecule has 2 aromatic carbocycles. The maximum Gasteiger partial charge on any atom is 0.538 e. The smallest absolute Gasteiger partial charge is 0.370 e. The predicted octanol–water partition coefficient (Wildman–Crippen LogP) is 6.31. The quantitative estimate of drug-likeness (QED) is 0.234. The van der Waals surface area contributed by atoms with E-state index in [9.17, 15) is 0 Å². The van der Waals surface area contributed by atoms with Crippen LogP contribution in [-0.2, 0) is 13.3 Å². The van der Waals surface area contributed by atoms with Gasteiger partial charge < -0.3 is 13.3 Å². The van der Waals surface area contributed by atoms with Crippen LogP contribution in [0.4, 0.5) is 0 Å². The normalized spacial score (nSPS) is 12.0. The van der Waals surface area contributed by atoms with Crippen LogP contribution in [0.5, 0.6) is 0 Å². The molecule has 0 fully saturated rings. The van der Waals surface area contributed by atoms with Gasteiger partial charge in [-0.05, 0) is 77.3 Å². The molecule has 1 heterocycles. The molecule has 0 atom stereocenters. The van der Waals surface area contributed by atoms with Crippen molar-refractivity contribution in [3.8, 4) is 0 Å². The third-order valence-electron chi connectivity index (χ3n) is 3.97. The van der Waals surface area contributed by atoms with Crippen LogP contribution in [0.15, 0.2) is 51.7 Å². The Bertz CT molecular complexity index is 887. The Morgan fingerprint density at radius 3 is 2.28 bits per heavy atom. The minimum absolute atomic E-state index is 0.553. The Hall–Kier alpha value is -0.523. The zero-order valence-corrected chi connectivity index (χ0v) is 21.2. The third-order valence-corrected chi connectivity index (χ3v) is 12.4. The van der Waals surface area contributed by atoms with E-state index in [1.807, 2.05) is 26.8 Å². The second-order valence-electron chi connectivity index (χ2n) is 6.04. The number of aromatic nitrogens is 1. The summed E-state index contributed by atoms with van der Waals surface area (Å²) in [6, 6.07) is 14.7. The van der Waals surface area contributed by atoms with Gasteiger partial charge in [-0.3, -0.25) is 0 Å². The Morgan fingerprint density at radius 2 is 1.62 bits per heavy atom. The number of thiazole rings is 1. The number of benzene rings is 2. The van der Waals surface area contributed by atoms with E-state index in [1.165, 1.54) is 10.3 Å². The lowest BCUT2D eigenvalue weighted by Gasteiger charge is -2.30. The number of nitrogens with zero attached hydrogens (tertiary/aromatic N) is 1. The van der Waals surface area contributed by atoms with Crippen LogP contribution in [0.1, 0.15) is 26.3 Å². The summed E-state index contributed by atoms with van der Waals surface area (Å²) in [6.07, 6.45) is 0. The second-order valence-corrected chi connectivity index (χ2v) is 13.8. The highest BCUT2D eigenvalue weighted by atomic mass is 33.5. The first kappa shape index (κ1) is 23.1. The molecular formula is C20H25NO3S4Si. The first-order chi connectivity index (χ1) is 14.1. The van der Waals surface area contributed by atoms with E-state index in [1.54, 1.807) is 42.8 Å². The monoisotopic (exact) mass is 483 g/mol. The zero-order valence-electron chi connectivity index (χ0n) is 17.0. The Morgan fingerprint density at radius 1 is 0.931 bits per heavy atom. The van der Waals surface area contributed by atoms with Crippen molar-refractivity contribution in [1.29, 1.82) is 0 Å². The molecule has 3 rings (SSSR count). The summed E-state index contributed by atoms with van der Waals surface area (Å²) in [5.74, 6) is 0. The minimum atomic E-state index is -2.96. The Kier molecular flexibility index (Phi) is 8.94. The molecule has 0 unspecified atom stereocenters.